The molecule has 5 rings (SSSR count). The first-order chi connectivity index (χ1) is 16.6. The molecule has 1 fully saturated rings. The van der Waals surface area contributed by atoms with Crippen LogP contribution in [0.25, 0.3) is 21.9 Å². The minimum atomic E-state index is -1.11. The lowest BCUT2D eigenvalue weighted by atomic mass is 10.1. The summed E-state index contributed by atoms with van der Waals surface area (Å²) in [5.74, 6) is 0.254. The third kappa shape index (κ3) is 4.59. The Hall–Kier alpha value is -3.15. The van der Waals surface area contributed by atoms with Crippen molar-refractivity contribution in [1.29, 1.82) is 0 Å². The van der Waals surface area contributed by atoms with E-state index >= 15 is 0 Å². The van der Waals surface area contributed by atoms with Crippen molar-refractivity contribution in [3.8, 4) is 0 Å². The molecule has 6 N–H and O–H groups in total. The van der Waals surface area contributed by atoms with Gasteiger partial charge < -0.3 is 31.3 Å². The largest absolute Gasteiger partial charge is 0.387 e. The number of aliphatic hydroxyl groups excluding tert-OH is 2. The second-order valence-corrected chi connectivity index (χ2v) is 8.55. The smallest absolute Gasteiger partial charge is 0.167 e. The highest BCUT2D eigenvalue weighted by Crippen LogP contribution is 2.31. The number of anilines is 1. The van der Waals surface area contributed by atoms with Crippen molar-refractivity contribution >= 4 is 27.8 Å². The molecule has 0 saturated carbocycles. The van der Waals surface area contributed by atoms with E-state index in [1.165, 1.54) is 29.0 Å². The summed E-state index contributed by atoms with van der Waals surface area (Å²) in [5.41, 5.74) is 7.98. The second-order valence-electron chi connectivity index (χ2n) is 8.55. The van der Waals surface area contributed by atoms with E-state index in [2.05, 4.69) is 68.1 Å². The Bertz CT molecular complexity index is 1260. The van der Waals surface area contributed by atoms with Crippen LogP contribution in [0.1, 0.15) is 18.2 Å². The number of imidazole rings is 1. The normalized spacial score (nSPS) is 22.6. The summed E-state index contributed by atoms with van der Waals surface area (Å²) in [6.07, 6.45) is 0.259. The zero-order valence-electron chi connectivity index (χ0n) is 18.7. The Morgan fingerprint density at radius 1 is 0.971 bits per heavy atom. The SMILES string of the molecule is Nc1ncnc2c1ncn2[C@@H]1O[C@H](CNCCCNCc2ccc3ccccc3c2)[C@@H](O)[C@H]1O. The molecule has 0 aliphatic carbocycles. The van der Waals surface area contributed by atoms with Crippen LogP contribution in [-0.2, 0) is 11.3 Å². The van der Waals surface area contributed by atoms with Crippen LogP contribution in [0.2, 0.25) is 0 Å². The van der Waals surface area contributed by atoms with E-state index in [1.807, 2.05) is 0 Å². The molecule has 10 heteroatoms. The average molecular weight is 464 g/mol. The lowest BCUT2D eigenvalue weighted by molar-refractivity contribution is -0.0341. The molecule has 1 saturated heterocycles. The van der Waals surface area contributed by atoms with E-state index in [4.69, 9.17) is 10.5 Å². The number of aliphatic hydroxyl groups is 2. The molecule has 2 aromatic heterocycles. The summed E-state index contributed by atoms with van der Waals surface area (Å²) in [6, 6.07) is 14.9. The number of nitrogens with two attached hydrogens (primary N) is 1. The molecule has 4 aromatic rings. The van der Waals surface area contributed by atoms with Crippen LogP contribution in [0.3, 0.4) is 0 Å². The highest BCUT2D eigenvalue weighted by molar-refractivity contribution is 5.83. The van der Waals surface area contributed by atoms with E-state index in [-0.39, 0.29) is 5.82 Å². The number of ether oxygens (including phenoxy) is 1. The summed E-state index contributed by atoms with van der Waals surface area (Å²) in [4.78, 5) is 12.3. The summed E-state index contributed by atoms with van der Waals surface area (Å²) < 4.78 is 7.52. The molecule has 0 spiro atoms. The summed E-state index contributed by atoms with van der Waals surface area (Å²) in [7, 11) is 0. The zero-order chi connectivity index (χ0) is 23.5. The number of rotatable bonds is 9. The monoisotopic (exact) mass is 463 g/mol. The fourth-order valence-electron chi connectivity index (χ4n) is 4.35. The molecule has 10 nitrogen and oxygen atoms in total. The first kappa shape index (κ1) is 22.6. The van der Waals surface area contributed by atoms with Gasteiger partial charge in [-0.2, -0.15) is 0 Å². The lowest BCUT2D eigenvalue weighted by Crippen LogP contribution is -2.38. The van der Waals surface area contributed by atoms with Gasteiger partial charge in [-0.15, -0.1) is 0 Å². The Balaban J connectivity index is 1.06. The van der Waals surface area contributed by atoms with Crippen LogP contribution in [-0.4, -0.2) is 67.7 Å². The number of nitrogen functional groups attached to an aromatic ring is 1. The number of hydrogen-bond donors (Lipinski definition) is 5. The summed E-state index contributed by atoms with van der Waals surface area (Å²) in [6.45, 7) is 2.86. The number of nitrogens with zero attached hydrogens (tertiary/aromatic N) is 4. The van der Waals surface area contributed by atoms with Gasteiger partial charge in [-0.1, -0.05) is 36.4 Å². The van der Waals surface area contributed by atoms with Gasteiger partial charge >= 0.3 is 0 Å². The molecular formula is C24H29N7O3. The molecular weight excluding hydrogens is 434 g/mol. The summed E-state index contributed by atoms with van der Waals surface area (Å²) >= 11 is 0. The fourth-order valence-corrected chi connectivity index (χ4v) is 4.35. The molecule has 178 valence electrons. The van der Waals surface area contributed by atoms with Gasteiger partial charge in [0.25, 0.3) is 0 Å². The molecule has 0 amide bonds. The van der Waals surface area contributed by atoms with Gasteiger partial charge in [0.05, 0.1) is 6.33 Å². The Morgan fingerprint density at radius 3 is 2.68 bits per heavy atom. The third-order valence-electron chi connectivity index (χ3n) is 6.19. The van der Waals surface area contributed by atoms with E-state index in [9.17, 15) is 10.2 Å². The number of benzene rings is 2. The van der Waals surface area contributed by atoms with Gasteiger partial charge in [0.1, 0.15) is 30.2 Å². The van der Waals surface area contributed by atoms with Crippen molar-refractivity contribution in [2.75, 3.05) is 25.4 Å². The van der Waals surface area contributed by atoms with Crippen molar-refractivity contribution < 1.29 is 14.9 Å². The summed E-state index contributed by atoms with van der Waals surface area (Å²) in [5, 5.41) is 30.3. The van der Waals surface area contributed by atoms with Crippen molar-refractivity contribution in [3.05, 3.63) is 60.7 Å². The Kier molecular flexibility index (Phi) is 6.66. The number of nitrogens with one attached hydrogen (secondary N) is 2. The van der Waals surface area contributed by atoms with Gasteiger partial charge in [0, 0.05) is 13.1 Å². The van der Waals surface area contributed by atoms with Gasteiger partial charge in [-0.25, -0.2) is 15.0 Å². The molecule has 0 radical (unpaired) electrons. The predicted molar refractivity (Wildman–Crippen MR) is 129 cm³/mol. The number of hydrogen-bond acceptors (Lipinski definition) is 9. The highest BCUT2D eigenvalue weighted by Gasteiger charge is 2.44. The highest BCUT2D eigenvalue weighted by atomic mass is 16.6. The van der Waals surface area contributed by atoms with Crippen molar-refractivity contribution in [3.63, 3.8) is 0 Å². The molecule has 2 aromatic carbocycles. The van der Waals surface area contributed by atoms with Crippen LogP contribution in [0.4, 0.5) is 5.82 Å². The second kappa shape index (κ2) is 10.00. The number of aromatic nitrogens is 4. The molecule has 0 unspecified atom stereocenters. The molecule has 1 aliphatic rings. The topological polar surface area (TPSA) is 143 Å². The van der Waals surface area contributed by atoms with E-state index in [0.717, 1.165) is 26.1 Å². The van der Waals surface area contributed by atoms with E-state index < -0.39 is 24.5 Å². The molecule has 0 bridgehead atoms. The average Bonchev–Trinajstić information content (AvgIpc) is 3.40. The quantitative estimate of drug-likeness (QED) is 0.229. The van der Waals surface area contributed by atoms with Gasteiger partial charge in [-0.3, -0.25) is 4.57 Å². The van der Waals surface area contributed by atoms with Gasteiger partial charge in [0.2, 0.25) is 0 Å². The van der Waals surface area contributed by atoms with Gasteiger partial charge in [0.15, 0.2) is 17.7 Å². The number of fused-ring (bicyclic) bond motifs is 2. The van der Waals surface area contributed by atoms with E-state index in [1.54, 1.807) is 4.57 Å². The Morgan fingerprint density at radius 2 is 1.79 bits per heavy atom. The maximum absolute atomic E-state index is 10.5. The van der Waals surface area contributed by atoms with Crippen LogP contribution < -0.4 is 16.4 Å². The molecule has 4 atom stereocenters. The molecule has 34 heavy (non-hydrogen) atoms. The predicted octanol–water partition coefficient (Wildman–Crippen LogP) is 0.950. The van der Waals surface area contributed by atoms with Crippen molar-refractivity contribution in [2.45, 2.75) is 37.5 Å². The van der Waals surface area contributed by atoms with E-state index in [0.29, 0.717) is 17.7 Å². The minimum absolute atomic E-state index is 0.254. The third-order valence-corrected chi connectivity index (χ3v) is 6.19. The minimum Gasteiger partial charge on any atom is -0.387 e. The van der Waals surface area contributed by atoms with Crippen LogP contribution in [0.5, 0.6) is 0 Å². The van der Waals surface area contributed by atoms with Gasteiger partial charge in [-0.05, 0) is 41.9 Å². The maximum Gasteiger partial charge on any atom is 0.167 e. The fraction of sp³-hybridized carbons (Fsp3) is 0.375. The Labute approximate surface area is 196 Å². The molecule has 3 heterocycles. The van der Waals surface area contributed by atoms with Crippen LogP contribution in [0, 0.1) is 0 Å². The first-order valence-corrected chi connectivity index (χ1v) is 11.5. The van der Waals surface area contributed by atoms with Crippen molar-refractivity contribution in [2.24, 2.45) is 0 Å². The first-order valence-electron chi connectivity index (χ1n) is 11.5. The zero-order valence-corrected chi connectivity index (χ0v) is 18.7. The van der Waals surface area contributed by atoms with Crippen LogP contribution in [0.15, 0.2) is 55.1 Å². The maximum atomic E-state index is 10.5. The lowest BCUT2D eigenvalue weighted by Gasteiger charge is -2.16. The van der Waals surface area contributed by atoms with Crippen molar-refractivity contribution in [1.82, 2.24) is 30.2 Å². The van der Waals surface area contributed by atoms with Crippen LogP contribution >= 0.6 is 0 Å². The standard InChI is InChI=1S/C24H29N7O3/c25-22-19-23(29-13-28-22)31(14-30-19)24-21(33)20(32)18(34-24)12-27-9-3-8-26-11-15-6-7-16-4-1-2-5-17(16)10-15/h1-2,4-7,10,13-14,18,20-21,24,26-27,32-33H,3,8-9,11-12H2,(H2,25,28,29)/t18-,20-,21-,24-/m1/s1. The molecule has 1 aliphatic heterocycles.